The van der Waals surface area contributed by atoms with Crippen LogP contribution in [0.3, 0.4) is 0 Å². The summed E-state index contributed by atoms with van der Waals surface area (Å²) in [5, 5.41) is 8.41. The van der Waals surface area contributed by atoms with Gasteiger partial charge in [0.05, 0.1) is 13.0 Å². The SMILES string of the molecule is CC1=CC(=O)N(CCC(=O)OCCO)C1=O. The zero-order valence-corrected chi connectivity index (χ0v) is 8.93. The number of amides is 2. The van der Waals surface area contributed by atoms with E-state index in [1.54, 1.807) is 6.92 Å². The van der Waals surface area contributed by atoms with Gasteiger partial charge in [0.2, 0.25) is 0 Å². The molecule has 0 aromatic carbocycles. The van der Waals surface area contributed by atoms with Gasteiger partial charge in [-0.1, -0.05) is 0 Å². The van der Waals surface area contributed by atoms with Gasteiger partial charge < -0.3 is 9.84 Å². The highest BCUT2D eigenvalue weighted by molar-refractivity contribution is 6.15. The number of ether oxygens (including phenoxy) is 1. The van der Waals surface area contributed by atoms with Gasteiger partial charge >= 0.3 is 5.97 Å². The molecule has 6 nitrogen and oxygen atoms in total. The minimum Gasteiger partial charge on any atom is -0.463 e. The highest BCUT2D eigenvalue weighted by Crippen LogP contribution is 2.12. The molecule has 1 aliphatic heterocycles. The Kier molecular flexibility index (Phi) is 4.19. The molecule has 0 saturated heterocycles. The number of carbonyl (C=O) groups excluding carboxylic acids is 3. The first-order valence-corrected chi connectivity index (χ1v) is 4.87. The summed E-state index contributed by atoms with van der Waals surface area (Å²) in [6.45, 7) is 1.24. The molecular weight excluding hydrogens is 214 g/mol. The predicted octanol–water partition coefficient (Wildman–Crippen LogP) is -0.773. The Bertz CT molecular complexity index is 347. The number of aliphatic hydroxyl groups excluding tert-OH is 1. The van der Waals surface area contributed by atoms with Crippen LogP contribution in [0.5, 0.6) is 0 Å². The van der Waals surface area contributed by atoms with Gasteiger partial charge in [-0.15, -0.1) is 0 Å². The van der Waals surface area contributed by atoms with Crippen LogP contribution in [-0.2, 0) is 19.1 Å². The summed E-state index contributed by atoms with van der Waals surface area (Å²) in [6, 6.07) is 0. The van der Waals surface area contributed by atoms with E-state index in [2.05, 4.69) is 4.74 Å². The second kappa shape index (κ2) is 5.41. The molecule has 0 bridgehead atoms. The standard InChI is InChI=1S/C10H13NO5/c1-7-6-8(13)11(10(7)15)3-2-9(14)16-5-4-12/h6,12H,2-5H2,1H3. The van der Waals surface area contributed by atoms with Crippen LogP contribution >= 0.6 is 0 Å². The fourth-order valence-electron chi connectivity index (χ4n) is 1.28. The van der Waals surface area contributed by atoms with E-state index in [4.69, 9.17) is 5.11 Å². The van der Waals surface area contributed by atoms with Gasteiger partial charge in [-0.2, -0.15) is 0 Å². The van der Waals surface area contributed by atoms with E-state index in [1.165, 1.54) is 6.08 Å². The van der Waals surface area contributed by atoms with Crippen molar-refractivity contribution in [2.24, 2.45) is 0 Å². The molecule has 1 rings (SSSR count). The summed E-state index contributed by atoms with van der Waals surface area (Å²) in [6.07, 6.45) is 1.18. The lowest BCUT2D eigenvalue weighted by Gasteiger charge is -2.13. The summed E-state index contributed by atoms with van der Waals surface area (Å²) in [7, 11) is 0. The van der Waals surface area contributed by atoms with Crippen LogP contribution in [0.2, 0.25) is 0 Å². The molecule has 0 spiro atoms. The van der Waals surface area contributed by atoms with Crippen LogP contribution < -0.4 is 0 Å². The lowest BCUT2D eigenvalue weighted by molar-refractivity contribution is -0.146. The quantitative estimate of drug-likeness (QED) is 0.492. The van der Waals surface area contributed by atoms with E-state index in [-0.39, 0.29) is 32.1 Å². The van der Waals surface area contributed by atoms with Gasteiger partial charge in [-0.25, -0.2) is 0 Å². The first kappa shape index (κ1) is 12.4. The van der Waals surface area contributed by atoms with E-state index >= 15 is 0 Å². The number of rotatable bonds is 5. The first-order valence-electron chi connectivity index (χ1n) is 4.87. The Hall–Kier alpha value is -1.69. The zero-order valence-electron chi connectivity index (χ0n) is 8.93. The molecule has 0 saturated carbocycles. The molecule has 0 aromatic rings. The second-order valence-electron chi connectivity index (χ2n) is 3.32. The van der Waals surface area contributed by atoms with Crippen molar-refractivity contribution in [1.29, 1.82) is 0 Å². The number of aliphatic hydroxyl groups is 1. The Labute approximate surface area is 92.5 Å². The zero-order chi connectivity index (χ0) is 12.1. The molecule has 16 heavy (non-hydrogen) atoms. The smallest absolute Gasteiger partial charge is 0.307 e. The Balaban J connectivity index is 2.37. The Morgan fingerprint density at radius 3 is 2.69 bits per heavy atom. The van der Waals surface area contributed by atoms with Crippen LogP contribution in [0.25, 0.3) is 0 Å². The van der Waals surface area contributed by atoms with E-state index in [0.717, 1.165) is 4.90 Å². The van der Waals surface area contributed by atoms with E-state index in [1.807, 2.05) is 0 Å². The minimum atomic E-state index is -0.542. The van der Waals surface area contributed by atoms with Crippen molar-refractivity contribution < 1.29 is 24.2 Å². The van der Waals surface area contributed by atoms with Crippen molar-refractivity contribution in [2.75, 3.05) is 19.8 Å². The molecule has 0 aliphatic carbocycles. The highest BCUT2D eigenvalue weighted by Gasteiger charge is 2.28. The van der Waals surface area contributed by atoms with Crippen molar-refractivity contribution >= 4 is 17.8 Å². The lowest BCUT2D eigenvalue weighted by Crippen LogP contribution is -2.33. The summed E-state index contributed by atoms with van der Waals surface area (Å²) in [5.74, 6) is -1.32. The number of hydrogen-bond donors (Lipinski definition) is 1. The summed E-state index contributed by atoms with van der Waals surface area (Å²) < 4.78 is 4.59. The van der Waals surface area contributed by atoms with Gasteiger partial charge in [0.25, 0.3) is 11.8 Å². The van der Waals surface area contributed by atoms with Crippen LogP contribution in [0, 0.1) is 0 Å². The number of imide groups is 1. The molecule has 1 heterocycles. The molecule has 0 aromatic heterocycles. The minimum absolute atomic E-state index is 0.00969. The topological polar surface area (TPSA) is 83.9 Å². The largest absolute Gasteiger partial charge is 0.463 e. The van der Waals surface area contributed by atoms with Crippen molar-refractivity contribution in [3.63, 3.8) is 0 Å². The van der Waals surface area contributed by atoms with Gasteiger partial charge in [0, 0.05) is 18.2 Å². The molecule has 0 fully saturated rings. The van der Waals surface area contributed by atoms with E-state index < -0.39 is 11.9 Å². The first-order chi connectivity index (χ1) is 7.56. The number of hydrogen-bond acceptors (Lipinski definition) is 5. The monoisotopic (exact) mass is 227 g/mol. The van der Waals surface area contributed by atoms with Gasteiger partial charge in [-0.3, -0.25) is 19.3 Å². The molecule has 0 unspecified atom stereocenters. The van der Waals surface area contributed by atoms with E-state index in [9.17, 15) is 14.4 Å². The van der Waals surface area contributed by atoms with Crippen LogP contribution in [-0.4, -0.2) is 47.5 Å². The van der Waals surface area contributed by atoms with Crippen LogP contribution in [0.4, 0.5) is 0 Å². The lowest BCUT2D eigenvalue weighted by atomic mass is 10.3. The number of nitrogens with zero attached hydrogens (tertiary/aromatic N) is 1. The normalized spacial score (nSPS) is 15.4. The average molecular weight is 227 g/mol. The molecule has 0 radical (unpaired) electrons. The Morgan fingerprint density at radius 1 is 1.50 bits per heavy atom. The fraction of sp³-hybridized carbons (Fsp3) is 0.500. The van der Waals surface area contributed by atoms with Gasteiger partial charge in [-0.05, 0) is 6.92 Å². The fourth-order valence-corrected chi connectivity index (χ4v) is 1.28. The van der Waals surface area contributed by atoms with Crippen molar-refractivity contribution in [1.82, 2.24) is 4.90 Å². The van der Waals surface area contributed by atoms with E-state index in [0.29, 0.717) is 5.57 Å². The third-order valence-electron chi connectivity index (χ3n) is 2.08. The second-order valence-corrected chi connectivity index (χ2v) is 3.32. The molecular formula is C10H13NO5. The van der Waals surface area contributed by atoms with Crippen molar-refractivity contribution in [3.05, 3.63) is 11.6 Å². The maximum Gasteiger partial charge on any atom is 0.307 e. The Morgan fingerprint density at radius 2 is 2.19 bits per heavy atom. The summed E-state index contributed by atoms with van der Waals surface area (Å²) in [5.41, 5.74) is 0.369. The molecule has 88 valence electrons. The predicted molar refractivity (Wildman–Crippen MR) is 53.1 cm³/mol. The highest BCUT2D eigenvalue weighted by atomic mass is 16.5. The van der Waals surface area contributed by atoms with Crippen LogP contribution in [0.15, 0.2) is 11.6 Å². The molecule has 1 N–H and O–H groups in total. The van der Waals surface area contributed by atoms with Crippen molar-refractivity contribution in [2.45, 2.75) is 13.3 Å². The average Bonchev–Trinajstić information content (AvgIpc) is 2.48. The third-order valence-corrected chi connectivity index (χ3v) is 2.08. The van der Waals surface area contributed by atoms with Crippen LogP contribution in [0.1, 0.15) is 13.3 Å². The molecule has 2 amide bonds. The summed E-state index contributed by atoms with van der Waals surface area (Å²) in [4.78, 5) is 34.7. The third kappa shape index (κ3) is 2.90. The number of esters is 1. The van der Waals surface area contributed by atoms with Gasteiger partial charge in [0.1, 0.15) is 6.61 Å². The molecule has 1 aliphatic rings. The maximum absolute atomic E-state index is 11.4. The number of carbonyl (C=O) groups is 3. The molecule has 6 heteroatoms. The van der Waals surface area contributed by atoms with Crippen molar-refractivity contribution in [3.8, 4) is 0 Å². The molecule has 0 atom stereocenters. The summed E-state index contributed by atoms with van der Waals surface area (Å²) >= 11 is 0. The maximum atomic E-state index is 11.4. The van der Waals surface area contributed by atoms with Gasteiger partial charge in [0.15, 0.2) is 0 Å².